The van der Waals surface area contributed by atoms with Gasteiger partial charge in [-0.1, -0.05) is 13.0 Å². The minimum Gasteiger partial charge on any atom is -0.491 e. The number of nitrogen functional groups attached to an aromatic ring is 1. The van der Waals surface area contributed by atoms with Gasteiger partial charge in [0.1, 0.15) is 0 Å². The van der Waals surface area contributed by atoms with Crippen molar-refractivity contribution < 1.29 is 9.53 Å². The molecule has 0 aliphatic carbocycles. The van der Waals surface area contributed by atoms with Crippen LogP contribution in [0.15, 0.2) is 18.2 Å². The van der Waals surface area contributed by atoms with Crippen LogP contribution in [0.1, 0.15) is 24.2 Å². The number of nitrogens with one attached hydrogen (secondary N) is 1. The second kappa shape index (κ2) is 7.94. The third kappa shape index (κ3) is 4.67. The van der Waals surface area contributed by atoms with Gasteiger partial charge >= 0.3 is 0 Å². The first kappa shape index (κ1) is 15.7. The van der Waals surface area contributed by atoms with Crippen LogP contribution in [0.5, 0.6) is 5.75 Å². The number of ether oxygens (including phenoxy) is 1. The van der Waals surface area contributed by atoms with Gasteiger partial charge in [-0.15, -0.1) is 0 Å². The Kier molecular flexibility index (Phi) is 6.56. The van der Waals surface area contributed by atoms with Gasteiger partial charge in [-0.25, -0.2) is 0 Å². The van der Waals surface area contributed by atoms with Crippen molar-refractivity contribution in [2.24, 2.45) is 5.92 Å². The summed E-state index contributed by atoms with van der Waals surface area (Å²) in [5.74, 6) is 1.80. The fourth-order valence-corrected chi connectivity index (χ4v) is 2.43. The fourth-order valence-electron chi connectivity index (χ4n) is 1.74. The van der Waals surface area contributed by atoms with Crippen LogP contribution in [-0.2, 0) is 0 Å². The van der Waals surface area contributed by atoms with Crippen LogP contribution >= 0.6 is 11.8 Å². The molecular formula is C14H22N2O2S. The molecule has 0 saturated heterocycles. The van der Waals surface area contributed by atoms with Crippen molar-refractivity contribution in [3.8, 4) is 5.75 Å². The molecule has 1 atom stereocenters. The number of anilines is 1. The summed E-state index contributed by atoms with van der Waals surface area (Å²) in [6.07, 6.45) is 2.06. The van der Waals surface area contributed by atoms with E-state index < -0.39 is 0 Å². The van der Waals surface area contributed by atoms with E-state index in [1.807, 2.05) is 6.92 Å². The molecule has 1 amide bonds. The van der Waals surface area contributed by atoms with Gasteiger partial charge in [0.05, 0.1) is 17.9 Å². The molecule has 1 rings (SSSR count). The summed E-state index contributed by atoms with van der Waals surface area (Å²) in [7, 11) is 0. The first-order valence-electron chi connectivity index (χ1n) is 6.38. The van der Waals surface area contributed by atoms with E-state index in [-0.39, 0.29) is 5.91 Å². The van der Waals surface area contributed by atoms with E-state index in [1.54, 1.807) is 30.0 Å². The van der Waals surface area contributed by atoms with Gasteiger partial charge in [0.2, 0.25) is 0 Å². The van der Waals surface area contributed by atoms with Gasteiger partial charge in [0, 0.05) is 6.54 Å². The Balaban J connectivity index is 2.73. The Morgan fingerprint density at radius 2 is 2.26 bits per heavy atom. The van der Waals surface area contributed by atoms with Crippen LogP contribution in [0.3, 0.4) is 0 Å². The molecule has 19 heavy (non-hydrogen) atoms. The molecule has 0 fully saturated rings. The summed E-state index contributed by atoms with van der Waals surface area (Å²) in [5, 5.41) is 2.92. The van der Waals surface area contributed by atoms with E-state index in [1.165, 1.54) is 0 Å². The van der Waals surface area contributed by atoms with Crippen LogP contribution in [0, 0.1) is 5.92 Å². The molecule has 0 radical (unpaired) electrons. The van der Waals surface area contributed by atoms with Crippen LogP contribution in [0.25, 0.3) is 0 Å². The molecule has 0 spiro atoms. The third-order valence-corrected chi connectivity index (χ3v) is 3.54. The number of nitrogens with two attached hydrogens (primary N) is 1. The lowest BCUT2D eigenvalue weighted by atomic mass is 10.1. The predicted molar refractivity (Wildman–Crippen MR) is 81.9 cm³/mol. The highest BCUT2D eigenvalue weighted by Gasteiger charge is 2.15. The molecule has 1 aromatic rings. The lowest BCUT2D eigenvalue weighted by molar-refractivity contribution is 0.0945. The van der Waals surface area contributed by atoms with E-state index >= 15 is 0 Å². The molecule has 4 nitrogen and oxygen atoms in total. The molecule has 3 N–H and O–H groups in total. The summed E-state index contributed by atoms with van der Waals surface area (Å²) < 4.78 is 5.45. The van der Waals surface area contributed by atoms with Crippen molar-refractivity contribution in [1.29, 1.82) is 0 Å². The monoisotopic (exact) mass is 282 g/mol. The normalized spacial score (nSPS) is 11.9. The van der Waals surface area contributed by atoms with E-state index in [4.69, 9.17) is 10.5 Å². The van der Waals surface area contributed by atoms with Crippen LogP contribution in [0.4, 0.5) is 5.69 Å². The number of benzene rings is 1. The van der Waals surface area contributed by atoms with Crippen molar-refractivity contribution in [3.63, 3.8) is 0 Å². The molecular weight excluding hydrogens is 260 g/mol. The first-order chi connectivity index (χ1) is 9.10. The highest BCUT2D eigenvalue weighted by Crippen LogP contribution is 2.26. The van der Waals surface area contributed by atoms with Crippen molar-refractivity contribution in [2.45, 2.75) is 13.8 Å². The maximum Gasteiger partial charge on any atom is 0.255 e. The number of carbonyl (C=O) groups is 1. The standard InChI is InChI=1S/C14H22N2O2S/c1-4-18-13-11(6-5-7-12(13)15)14(17)16-8-10(2)9-19-3/h5-7,10H,4,8-9,15H2,1-3H3,(H,16,17). The Bertz CT molecular complexity index is 424. The van der Waals surface area contributed by atoms with E-state index in [9.17, 15) is 4.79 Å². The van der Waals surface area contributed by atoms with Crippen LogP contribution < -0.4 is 15.8 Å². The summed E-state index contributed by atoms with van der Waals surface area (Å²) in [6.45, 7) is 5.12. The second-order valence-electron chi connectivity index (χ2n) is 4.43. The Hall–Kier alpha value is -1.36. The summed E-state index contributed by atoms with van der Waals surface area (Å²) in [4.78, 5) is 12.1. The van der Waals surface area contributed by atoms with Crippen molar-refractivity contribution in [2.75, 3.05) is 30.9 Å². The average molecular weight is 282 g/mol. The van der Waals surface area contributed by atoms with Gasteiger partial charge in [-0.3, -0.25) is 4.79 Å². The molecule has 5 heteroatoms. The summed E-state index contributed by atoms with van der Waals surface area (Å²) in [6, 6.07) is 5.23. The Morgan fingerprint density at radius 3 is 2.89 bits per heavy atom. The van der Waals surface area contributed by atoms with E-state index in [0.717, 1.165) is 5.75 Å². The Labute approximate surface area is 119 Å². The SMILES string of the molecule is CCOc1c(N)cccc1C(=O)NCC(C)CSC. The van der Waals surface area contributed by atoms with Crippen molar-refractivity contribution >= 4 is 23.4 Å². The third-order valence-electron chi connectivity index (χ3n) is 2.64. The smallest absolute Gasteiger partial charge is 0.255 e. The topological polar surface area (TPSA) is 64.3 Å². The van der Waals surface area contributed by atoms with Gasteiger partial charge in [-0.05, 0) is 37.0 Å². The average Bonchev–Trinajstić information content (AvgIpc) is 2.39. The fraction of sp³-hybridized carbons (Fsp3) is 0.500. The molecule has 1 unspecified atom stereocenters. The molecule has 0 heterocycles. The zero-order valence-electron chi connectivity index (χ0n) is 11.7. The molecule has 0 aliphatic rings. The number of rotatable bonds is 7. The molecule has 106 valence electrons. The quantitative estimate of drug-likeness (QED) is 0.754. The van der Waals surface area contributed by atoms with Gasteiger partial charge < -0.3 is 15.8 Å². The van der Waals surface area contributed by atoms with E-state index in [2.05, 4.69) is 18.5 Å². The van der Waals surface area contributed by atoms with E-state index in [0.29, 0.717) is 36.1 Å². The predicted octanol–water partition coefficient (Wildman–Crippen LogP) is 2.40. The largest absolute Gasteiger partial charge is 0.491 e. The zero-order chi connectivity index (χ0) is 14.3. The van der Waals surface area contributed by atoms with Gasteiger partial charge in [-0.2, -0.15) is 11.8 Å². The second-order valence-corrected chi connectivity index (χ2v) is 5.34. The lowest BCUT2D eigenvalue weighted by Gasteiger charge is -2.14. The van der Waals surface area contributed by atoms with Crippen LogP contribution in [-0.4, -0.2) is 31.1 Å². The number of para-hydroxylation sites is 1. The lowest BCUT2D eigenvalue weighted by Crippen LogP contribution is -2.29. The highest BCUT2D eigenvalue weighted by molar-refractivity contribution is 7.98. The summed E-state index contributed by atoms with van der Waals surface area (Å²) >= 11 is 1.77. The molecule has 0 bridgehead atoms. The number of carbonyl (C=O) groups excluding carboxylic acids is 1. The van der Waals surface area contributed by atoms with Crippen molar-refractivity contribution in [3.05, 3.63) is 23.8 Å². The number of hydrogen-bond donors (Lipinski definition) is 2. The molecule has 0 aromatic heterocycles. The maximum atomic E-state index is 12.1. The molecule has 1 aromatic carbocycles. The molecule has 0 aliphatic heterocycles. The minimum absolute atomic E-state index is 0.135. The van der Waals surface area contributed by atoms with Crippen LogP contribution in [0.2, 0.25) is 0 Å². The van der Waals surface area contributed by atoms with Gasteiger partial charge in [0.15, 0.2) is 5.75 Å². The Morgan fingerprint density at radius 1 is 1.53 bits per heavy atom. The highest BCUT2D eigenvalue weighted by atomic mass is 32.2. The minimum atomic E-state index is -0.135. The first-order valence-corrected chi connectivity index (χ1v) is 7.77. The molecule has 0 saturated carbocycles. The summed E-state index contributed by atoms with van der Waals surface area (Å²) in [5.41, 5.74) is 6.83. The zero-order valence-corrected chi connectivity index (χ0v) is 12.5. The van der Waals surface area contributed by atoms with Crippen molar-refractivity contribution in [1.82, 2.24) is 5.32 Å². The number of thioether (sulfide) groups is 1. The maximum absolute atomic E-state index is 12.1. The van der Waals surface area contributed by atoms with Gasteiger partial charge in [0.25, 0.3) is 5.91 Å². The number of hydrogen-bond acceptors (Lipinski definition) is 4. The number of amides is 1.